The number of hydrogen-bond acceptors (Lipinski definition) is 4. The van der Waals surface area contributed by atoms with E-state index in [4.69, 9.17) is 20.3 Å². The normalized spacial score (nSPS) is 11.5. The average molecular weight is 262 g/mol. The molecule has 4 nitrogen and oxygen atoms in total. The van der Waals surface area contributed by atoms with Gasteiger partial charge in [0.05, 0.1) is 14.2 Å². The van der Waals surface area contributed by atoms with E-state index in [1.807, 2.05) is 18.2 Å². The van der Waals surface area contributed by atoms with Gasteiger partial charge in [-0.25, -0.2) is 0 Å². The van der Waals surface area contributed by atoms with Crippen molar-refractivity contribution in [2.75, 3.05) is 20.8 Å². The molecule has 0 radical (unpaired) electrons. The van der Waals surface area contributed by atoms with Gasteiger partial charge in [-0.3, -0.25) is 0 Å². The van der Waals surface area contributed by atoms with Gasteiger partial charge in [-0.15, -0.1) is 12.4 Å². The van der Waals surface area contributed by atoms with Crippen molar-refractivity contribution in [3.05, 3.63) is 23.8 Å². The fraction of sp³-hybridized carbons (Fsp3) is 0.500. The third kappa shape index (κ3) is 4.81. The van der Waals surface area contributed by atoms with Gasteiger partial charge in [0.2, 0.25) is 0 Å². The smallest absolute Gasteiger partial charge is 0.122 e. The number of hydrogen-bond donors (Lipinski definition) is 2. The van der Waals surface area contributed by atoms with E-state index in [-0.39, 0.29) is 25.1 Å². The second-order valence-electron chi connectivity index (χ2n) is 3.62. The zero-order chi connectivity index (χ0) is 12.0. The van der Waals surface area contributed by atoms with E-state index in [2.05, 4.69) is 0 Å². The largest absolute Gasteiger partial charge is 0.497 e. The lowest BCUT2D eigenvalue weighted by Crippen LogP contribution is -2.11. The number of ether oxygens (including phenoxy) is 2. The highest BCUT2D eigenvalue weighted by atomic mass is 35.5. The molecule has 0 amide bonds. The van der Waals surface area contributed by atoms with Gasteiger partial charge >= 0.3 is 0 Å². The number of rotatable bonds is 6. The Morgan fingerprint density at radius 2 is 1.71 bits per heavy atom. The Morgan fingerprint density at radius 1 is 1.18 bits per heavy atom. The quantitative estimate of drug-likeness (QED) is 0.821. The molecule has 0 saturated heterocycles. The van der Waals surface area contributed by atoms with Crippen molar-refractivity contribution in [3.63, 3.8) is 0 Å². The Kier molecular flexibility index (Phi) is 7.70. The van der Waals surface area contributed by atoms with Gasteiger partial charge in [0.25, 0.3) is 0 Å². The maximum absolute atomic E-state index is 8.76. The standard InChI is InChI=1S/C12H19NO3.ClH/c1-15-10-6-9(7-11(8-10)16-2)12(13)4-3-5-14;/h6-8,12,14H,3-5,13H2,1-2H3;1H/t12-;/m0./s1. The molecule has 0 unspecified atom stereocenters. The zero-order valence-electron chi connectivity index (χ0n) is 10.2. The summed E-state index contributed by atoms with van der Waals surface area (Å²) in [7, 11) is 3.22. The Bertz CT molecular complexity index is 311. The molecule has 1 atom stereocenters. The van der Waals surface area contributed by atoms with Crippen molar-refractivity contribution in [2.24, 2.45) is 5.73 Å². The van der Waals surface area contributed by atoms with Crippen LogP contribution < -0.4 is 15.2 Å². The van der Waals surface area contributed by atoms with Gasteiger partial charge in [-0.05, 0) is 30.5 Å². The first-order valence-electron chi connectivity index (χ1n) is 5.30. The van der Waals surface area contributed by atoms with E-state index in [9.17, 15) is 0 Å². The summed E-state index contributed by atoms with van der Waals surface area (Å²) in [6, 6.07) is 5.49. The Balaban J connectivity index is 0.00000256. The molecule has 0 saturated carbocycles. The van der Waals surface area contributed by atoms with E-state index >= 15 is 0 Å². The van der Waals surface area contributed by atoms with Gasteiger partial charge < -0.3 is 20.3 Å². The van der Waals surface area contributed by atoms with Crippen LogP contribution in [0.3, 0.4) is 0 Å². The number of halogens is 1. The molecule has 1 aromatic carbocycles. The number of nitrogens with two attached hydrogens (primary N) is 1. The van der Waals surface area contributed by atoms with E-state index < -0.39 is 0 Å². The summed E-state index contributed by atoms with van der Waals surface area (Å²) in [5.74, 6) is 1.46. The molecule has 0 spiro atoms. The Hall–Kier alpha value is -0.970. The SMILES string of the molecule is COc1cc(OC)cc([C@@H](N)CCCO)c1.Cl. The lowest BCUT2D eigenvalue weighted by Gasteiger charge is -2.14. The van der Waals surface area contributed by atoms with Crippen LogP contribution in [0.4, 0.5) is 0 Å². The minimum atomic E-state index is -0.101. The molecule has 17 heavy (non-hydrogen) atoms. The van der Waals surface area contributed by atoms with Crippen LogP contribution in [0.5, 0.6) is 11.5 Å². The summed E-state index contributed by atoms with van der Waals surface area (Å²) >= 11 is 0. The molecule has 0 aromatic heterocycles. The maximum Gasteiger partial charge on any atom is 0.122 e. The summed E-state index contributed by atoms with van der Waals surface area (Å²) in [6.07, 6.45) is 1.44. The molecule has 0 aliphatic rings. The van der Waals surface area contributed by atoms with Crippen LogP contribution in [-0.2, 0) is 0 Å². The second-order valence-corrected chi connectivity index (χ2v) is 3.62. The van der Waals surface area contributed by atoms with Crippen LogP contribution in [0.15, 0.2) is 18.2 Å². The first kappa shape index (κ1) is 16.0. The van der Waals surface area contributed by atoms with E-state index in [0.717, 1.165) is 23.5 Å². The monoisotopic (exact) mass is 261 g/mol. The van der Waals surface area contributed by atoms with Crippen LogP contribution >= 0.6 is 12.4 Å². The number of aliphatic hydroxyl groups is 1. The van der Waals surface area contributed by atoms with E-state index in [1.165, 1.54) is 0 Å². The van der Waals surface area contributed by atoms with E-state index in [0.29, 0.717) is 6.42 Å². The van der Waals surface area contributed by atoms with Crippen molar-refractivity contribution >= 4 is 12.4 Å². The minimum Gasteiger partial charge on any atom is -0.497 e. The number of methoxy groups -OCH3 is 2. The molecule has 0 aliphatic carbocycles. The van der Waals surface area contributed by atoms with Gasteiger partial charge in [0, 0.05) is 18.7 Å². The van der Waals surface area contributed by atoms with Crippen molar-refractivity contribution < 1.29 is 14.6 Å². The van der Waals surface area contributed by atoms with Gasteiger partial charge in [-0.2, -0.15) is 0 Å². The molecule has 3 N–H and O–H groups in total. The molecule has 0 aliphatic heterocycles. The van der Waals surface area contributed by atoms with Crippen molar-refractivity contribution in [2.45, 2.75) is 18.9 Å². The van der Waals surface area contributed by atoms with Crippen molar-refractivity contribution in [1.29, 1.82) is 0 Å². The Morgan fingerprint density at radius 3 is 2.12 bits per heavy atom. The van der Waals surface area contributed by atoms with Crippen LogP contribution in [-0.4, -0.2) is 25.9 Å². The van der Waals surface area contributed by atoms with Gasteiger partial charge in [-0.1, -0.05) is 0 Å². The molecule has 0 fully saturated rings. The molecular weight excluding hydrogens is 242 g/mol. The highest BCUT2D eigenvalue weighted by Gasteiger charge is 2.09. The number of aliphatic hydroxyl groups excluding tert-OH is 1. The summed E-state index contributed by atoms with van der Waals surface area (Å²) in [6.45, 7) is 0.162. The summed E-state index contributed by atoms with van der Waals surface area (Å²) < 4.78 is 10.3. The third-order valence-corrected chi connectivity index (χ3v) is 2.48. The average Bonchev–Trinajstić information content (AvgIpc) is 2.35. The minimum absolute atomic E-state index is 0. The highest BCUT2D eigenvalue weighted by molar-refractivity contribution is 5.85. The molecule has 98 valence electrons. The lowest BCUT2D eigenvalue weighted by molar-refractivity contribution is 0.280. The molecular formula is C12H20ClNO3. The van der Waals surface area contributed by atoms with Gasteiger partial charge in [0.1, 0.15) is 11.5 Å². The topological polar surface area (TPSA) is 64.7 Å². The lowest BCUT2D eigenvalue weighted by atomic mass is 10.0. The van der Waals surface area contributed by atoms with Crippen LogP contribution in [0.1, 0.15) is 24.4 Å². The molecule has 0 bridgehead atoms. The van der Waals surface area contributed by atoms with Gasteiger partial charge in [0.15, 0.2) is 0 Å². The first-order valence-corrected chi connectivity index (χ1v) is 5.30. The number of benzene rings is 1. The fourth-order valence-electron chi connectivity index (χ4n) is 1.52. The predicted molar refractivity (Wildman–Crippen MR) is 70.0 cm³/mol. The van der Waals surface area contributed by atoms with Crippen LogP contribution in [0.2, 0.25) is 0 Å². The van der Waals surface area contributed by atoms with Crippen molar-refractivity contribution in [3.8, 4) is 11.5 Å². The van der Waals surface area contributed by atoms with Crippen LogP contribution in [0.25, 0.3) is 0 Å². The zero-order valence-corrected chi connectivity index (χ0v) is 11.0. The molecule has 1 aromatic rings. The maximum atomic E-state index is 8.76. The van der Waals surface area contributed by atoms with E-state index in [1.54, 1.807) is 14.2 Å². The van der Waals surface area contributed by atoms with Crippen LogP contribution in [0, 0.1) is 0 Å². The summed E-state index contributed by atoms with van der Waals surface area (Å²) in [4.78, 5) is 0. The molecule has 1 rings (SSSR count). The highest BCUT2D eigenvalue weighted by Crippen LogP contribution is 2.27. The first-order chi connectivity index (χ1) is 7.71. The summed E-state index contributed by atoms with van der Waals surface area (Å²) in [5, 5.41) is 8.76. The summed E-state index contributed by atoms with van der Waals surface area (Å²) in [5.41, 5.74) is 6.97. The predicted octanol–water partition coefficient (Wildman–Crippen LogP) is 1.90. The Labute approximate surface area is 108 Å². The third-order valence-electron chi connectivity index (χ3n) is 2.48. The second kappa shape index (κ2) is 8.17. The van der Waals surface area contributed by atoms with Crippen molar-refractivity contribution in [1.82, 2.24) is 0 Å². The molecule has 5 heteroatoms. The fourth-order valence-corrected chi connectivity index (χ4v) is 1.52. The molecule has 0 heterocycles.